The number of hydrogen-bond donors (Lipinski definition) is 2. The lowest BCUT2D eigenvalue weighted by atomic mass is 10.0. The summed E-state index contributed by atoms with van der Waals surface area (Å²) in [5.41, 5.74) is 12.3. The van der Waals surface area contributed by atoms with Gasteiger partial charge in [-0.3, -0.25) is 4.99 Å². The lowest BCUT2D eigenvalue weighted by molar-refractivity contribution is 0.134. The minimum atomic E-state index is 0.562. The number of nitrogens with zero attached hydrogens (tertiary/aromatic N) is 1. The lowest BCUT2D eigenvalue weighted by Crippen LogP contribution is -1.95. The molecule has 0 unspecified atom stereocenters. The van der Waals surface area contributed by atoms with Crippen LogP contribution >= 0.6 is 0 Å². The minimum Gasteiger partial charge on any atom is -0.397 e. The van der Waals surface area contributed by atoms with E-state index >= 15 is 0 Å². The average Bonchev–Trinajstić information content (AvgIpc) is 2.98. The molecule has 124 valence electrons. The third-order valence-corrected chi connectivity index (χ3v) is 3.98. The first kappa shape index (κ1) is 16.3. The van der Waals surface area contributed by atoms with Crippen LogP contribution in [0.1, 0.15) is 25.0 Å². The molecule has 4 heteroatoms. The number of aromatic nitrogens is 1. The van der Waals surface area contributed by atoms with Gasteiger partial charge in [-0.1, -0.05) is 30.3 Å². The molecule has 0 bridgehead atoms. The summed E-state index contributed by atoms with van der Waals surface area (Å²) in [6.45, 7) is 6.01. The summed E-state index contributed by atoms with van der Waals surface area (Å²) in [6, 6.07) is 14.4. The molecule has 0 aliphatic rings. The summed E-state index contributed by atoms with van der Waals surface area (Å²) in [6.07, 6.45) is 1.94. The number of benzene rings is 2. The van der Waals surface area contributed by atoms with Gasteiger partial charge in [0.2, 0.25) is 0 Å². The van der Waals surface area contributed by atoms with Crippen LogP contribution in [0.2, 0.25) is 0 Å². The van der Waals surface area contributed by atoms with Crippen molar-refractivity contribution >= 4 is 22.8 Å². The molecule has 3 aromatic rings. The van der Waals surface area contributed by atoms with Crippen molar-refractivity contribution in [2.24, 2.45) is 4.99 Å². The lowest BCUT2D eigenvalue weighted by Gasteiger charge is -2.05. The molecule has 0 aliphatic carbocycles. The molecule has 0 spiro atoms. The van der Waals surface area contributed by atoms with Gasteiger partial charge in [0.05, 0.1) is 23.5 Å². The summed E-state index contributed by atoms with van der Waals surface area (Å²) in [5, 5.41) is 1.08. The summed E-state index contributed by atoms with van der Waals surface area (Å²) < 4.78 is 5.54. The minimum absolute atomic E-state index is 0.562. The molecule has 0 amide bonds. The summed E-state index contributed by atoms with van der Waals surface area (Å²) in [7, 11) is 0. The molecule has 1 aromatic heterocycles. The predicted octanol–water partition coefficient (Wildman–Crippen LogP) is 4.39. The number of fused-ring (bicyclic) bond motifs is 1. The van der Waals surface area contributed by atoms with E-state index in [4.69, 9.17) is 10.5 Å². The third kappa shape index (κ3) is 3.19. The molecule has 1 heterocycles. The number of aromatic amines is 1. The molecule has 3 N–H and O–H groups in total. The molecule has 2 aromatic carbocycles. The van der Waals surface area contributed by atoms with Crippen molar-refractivity contribution in [1.82, 2.24) is 4.98 Å². The fraction of sp³-hybridized carbons (Fsp3) is 0.250. The number of hydrogen-bond acceptors (Lipinski definition) is 3. The van der Waals surface area contributed by atoms with Crippen molar-refractivity contribution in [3.8, 4) is 11.3 Å². The number of rotatable bonds is 6. The Labute approximate surface area is 142 Å². The molecule has 0 fully saturated rings. The van der Waals surface area contributed by atoms with Crippen LogP contribution < -0.4 is 5.73 Å². The van der Waals surface area contributed by atoms with Gasteiger partial charge in [-0.15, -0.1) is 0 Å². The van der Waals surface area contributed by atoms with Crippen molar-refractivity contribution in [2.45, 2.75) is 20.5 Å². The number of nitrogen functional groups attached to an aromatic ring is 1. The van der Waals surface area contributed by atoms with E-state index < -0.39 is 0 Å². The first-order chi connectivity index (χ1) is 11.7. The Morgan fingerprint density at radius 1 is 1.17 bits per heavy atom. The molecular weight excluding hydrogens is 298 g/mol. The molecule has 0 atom stereocenters. The van der Waals surface area contributed by atoms with Gasteiger partial charge in [0.15, 0.2) is 0 Å². The predicted molar refractivity (Wildman–Crippen MR) is 102 cm³/mol. The van der Waals surface area contributed by atoms with Gasteiger partial charge >= 0.3 is 0 Å². The van der Waals surface area contributed by atoms with E-state index in [1.807, 2.05) is 44.3 Å². The monoisotopic (exact) mass is 321 g/mol. The third-order valence-electron chi connectivity index (χ3n) is 3.98. The number of ether oxygens (including phenoxy) is 1. The van der Waals surface area contributed by atoms with Gasteiger partial charge in [0, 0.05) is 30.3 Å². The Kier molecular flexibility index (Phi) is 4.96. The Hall–Kier alpha value is -2.59. The summed E-state index contributed by atoms with van der Waals surface area (Å²) in [4.78, 5) is 7.94. The smallest absolute Gasteiger partial charge is 0.0717 e. The number of nitrogens with two attached hydrogens (primary N) is 1. The molecule has 0 aliphatic heterocycles. The largest absolute Gasteiger partial charge is 0.397 e. The van der Waals surface area contributed by atoms with Crippen LogP contribution in [0.4, 0.5) is 5.69 Å². The van der Waals surface area contributed by atoms with Gasteiger partial charge in [-0.25, -0.2) is 0 Å². The average molecular weight is 321 g/mol. The van der Waals surface area contributed by atoms with Crippen molar-refractivity contribution in [2.75, 3.05) is 18.9 Å². The Morgan fingerprint density at radius 2 is 1.96 bits per heavy atom. The number of aliphatic imine (C=N–C) groups is 1. The SMILES string of the molecule is CC/N=C/c1c(-c2ccccc2)[nH]c2c(N)cc(COCC)cc12. The molecule has 0 saturated heterocycles. The zero-order valence-electron chi connectivity index (χ0n) is 14.2. The van der Waals surface area contributed by atoms with Gasteiger partial charge < -0.3 is 15.5 Å². The van der Waals surface area contributed by atoms with Crippen LogP contribution in [0, 0.1) is 0 Å². The van der Waals surface area contributed by atoms with E-state index in [9.17, 15) is 0 Å². The van der Waals surface area contributed by atoms with E-state index in [0.717, 1.165) is 45.5 Å². The second kappa shape index (κ2) is 7.32. The van der Waals surface area contributed by atoms with E-state index in [2.05, 4.69) is 28.2 Å². The Bertz CT molecular complexity index is 850. The maximum absolute atomic E-state index is 6.29. The zero-order valence-corrected chi connectivity index (χ0v) is 14.2. The summed E-state index contributed by atoms with van der Waals surface area (Å²) >= 11 is 0. The zero-order chi connectivity index (χ0) is 16.9. The highest BCUT2D eigenvalue weighted by Crippen LogP contribution is 2.33. The second-order valence-electron chi connectivity index (χ2n) is 5.65. The van der Waals surface area contributed by atoms with E-state index in [-0.39, 0.29) is 0 Å². The number of H-pyrrole nitrogens is 1. The van der Waals surface area contributed by atoms with Crippen LogP contribution in [0.25, 0.3) is 22.2 Å². The molecule has 0 saturated carbocycles. The van der Waals surface area contributed by atoms with E-state index in [0.29, 0.717) is 13.2 Å². The highest BCUT2D eigenvalue weighted by molar-refractivity contribution is 6.09. The van der Waals surface area contributed by atoms with Gasteiger partial charge in [0.1, 0.15) is 0 Å². The van der Waals surface area contributed by atoms with Crippen molar-refractivity contribution < 1.29 is 4.74 Å². The van der Waals surface area contributed by atoms with Crippen LogP contribution in [-0.2, 0) is 11.3 Å². The van der Waals surface area contributed by atoms with E-state index in [1.54, 1.807) is 0 Å². The maximum atomic E-state index is 6.29. The molecule has 0 radical (unpaired) electrons. The molecule has 4 nitrogen and oxygen atoms in total. The second-order valence-corrected chi connectivity index (χ2v) is 5.65. The quantitative estimate of drug-likeness (QED) is 0.522. The van der Waals surface area contributed by atoms with Crippen LogP contribution in [0.3, 0.4) is 0 Å². The normalized spacial score (nSPS) is 11.6. The standard InChI is InChI=1S/C20H23N3O/c1-3-22-12-17-16-10-14(13-24-4-2)11-18(21)20(16)23-19(17)15-8-6-5-7-9-15/h5-12,23H,3-4,13,21H2,1-2H3/b22-12+. The molecular formula is C20H23N3O. The number of anilines is 1. The van der Waals surface area contributed by atoms with Gasteiger partial charge in [0.25, 0.3) is 0 Å². The summed E-state index contributed by atoms with van der Waals surface area (Å²) in [5.74, 6) is 0. The van der Waals surface area contributed by atoms with Crippen molar-refractivity contribution in [3.63, 3.8) is 0 Å². The van der Waals surface area contributed by atoms with Crippen molar-refractivity contribution in [3.05, 3.63) is 53.6 Å². The fourth-order valence-electron chi connectivity index (χ4n) is 2.86. The first-order valence-corrected chi connectivity index (χ1v) is 8.31. The topological polar surface area (TPSA) is 63.4 Å². The van der Waals surface area contributed by atoms with Crippen LogP contribution in [0.5, 0.6) is 0 Å². The molecule has 3 rings (SSSR count). The van der Waals surface area contributed by atoms with Crippen LogP contribution in [-0.4, -0.2) is 24.4 Å². The van der Waals surface area contributed by atoms with E-state index in [1.165, 1.54) is 0 Å². The fourth-order valence-corrected chi connectivity index (χ4v) is 2.86. The molecule has 24 heavy (non-hydrogen) atoms. The first-order valence-electron chi connectivity index (χ1n) is 8.31. The highest BCUT2D eigenvalue weighted by atomic mass is 16.5. The Balaban J connectivity index is 2.21. The van der Waals surface area contributed by atoms with Crippen LogP contribution in [0.15, 0.2) is 47.5 Å². The van der Waals surface area contributed by atoms with Gasteiger partial charge in [-0.05, 0) is 37.1 Å². The Morgan fingerprint density at radius 3 is 2.67 bits per heavy atom. The number of nitrogens with one attached hydrogen (secondary N) is 1. The van der Waals surface area contributed by atoms with Crippen molar-refractivity contribution in [1.29, 1.82) is 0 Å². The van der Waals surface area contributed by atoms with Gasteiger partial charge in [-0.2, -0.15) is 0 Å². The maximum Gasteiger partial charge on any atom is 0.0717 e. The highest BCUT2D eigenvalue weighted by Gasteiger charge is 2.14.